The van der Waals surface area contributed by atoms with Gasteiger partial charge < -0.3 is 10.2 Å². The number of amides is 2. The molecule has 1 N–H and O–H groups in total. The average molecular weight is 536 g/mol. The normalized spacial score (nSPS) is 12.2. The average Bonchev–Trinajstić information content (AvgIpc) is 2.81. The molecule has 0 saturated heterocycles. The Hall–Kier alpha value is -2.91. The predicted octanol–water partition coefficient (Wildman–Crippen LogP) is 3.89. The van der Waals surface area contributed by atoms with Crippen LogP contribution in [-0.2, 0) is 26.2 Å². The van der Waals surface area contributed by atoms with E-state index >= 15 is 0 Å². The molecule has 2 aromatic rings. The Bertz CT molecular complexity index is 1180. The quantitative estimate of drug-likeness (QED) is 0.415. The summed E-state index contributed by atoms with van der Waals surface area (Å²) < 4.78 is 26.3. The van der Waals surface area contributed by atoms with E-state index in [1.807, 2.05) is 13.8 Å². The van der Waals surface area contributed by atoms with Crippen molar-refractivity contribution in [3.05, 3.63) is 64.7 Å². The molecule has 0 aliphatic rings. The van der Waals surface area contributed by atoms with Gasteiger partial charge in [0.05, 0.1) is 11.9 Å². The van der Waals surface area contributed by atoms with Crippen LogP contribution in [0.4, 0.5) is 5.69 Å². The second-order valence-corrected chi connectivity index (χ2v) is 11.4. The van der Waals surface area contributed by atoms with E-state index in [4.69, 9.17) is 11.6 Å². The first-order valence-corrected chi connectivity index (χ1v) is 14.0. The first kappa shape index (κ1) is 29.3. The summed E-state index contributed by atoms with van der Waals surface area (Å²) in [5.74, 6) is -0.858. The number of sulfonamides is 1. The van der Waals surface area contributed by atoms with Crippen molar-refractivity contribution in [2.24, 2.45) is 5.92 Å². The summed E-state index contributed by atoms with van der Waals surface area (Å²) in [6, 6.07) is 12.2. The third-order valence-corrected chi connectivity index (χ3v) is 6.95. The molecule has 0 bridgehead atoms. The minimum absolute atomic E-state index is 0.0920. The molecule has 0 saturated carbocycles. The van der Waals surface area contributed by atoms with Crippen LogP contribution in [0.2, 0.25) is 5.02 Å². The number of hydrogen-bond acceptors (Lipinski definition) is 5. The number of nitrogens with zero attached hydrogens (tertiary/aromatic N) is 2. The van der Waals surface area contributed by atoms with Crippen LogP contribution in [0, 0.1) is 5.92 Å². The summed E-state index contributed by atoms with van der Waals surface area (Å²) in [6.07, 6.45) is 1.33. The molecule has 0 aromatic heterocycles. The molecule has 196 valence electrons. The van der Waals surface area contributed by atoms with Gasteiger partial charge in [0.1, 0.15) is 12.6 Å². The number of carbonyl (C=O) groups is 3. The van der Waals surface area contributed by atoms with Crippen molar-refractivity contribution in [1.29, 1.82) is 0 Å². The van der Waals surface area contributed by atoms with Gasteiger partial charge in [0.25, 0.3) is 0 Å². The Morgan fingerprint density at radius 3 is 2.22 bits per heavy atom. The lowest BCUT2D eigenvalue weighted by Gasteiger charge is -2.33. The van der Waals surface area contributed by atoms with Gasteiger partial charge in [-0.15, -0.1) is 0 Å². The Labute approximate surface area is 218 Å². The van der Waals surface area contributed by atoms with Gasteiger partial charge in [0.15, 0.2) is 5.78 Å². The number of halogens is 1. The number of benzene rings is 2. The first-order chi connectivity index (χ1) is 16.8. The third-order valence-electron chi connectivity index (χ3n) is 5.56. The maximum absolute atomic E-state index is 13.7. The Kier molecular flexibility index (Phi) is 10.5. The van der Waals surface area contributed by atoms with Gasteiger partial charge in [-0.1, -0.05) is 56.6 Å². The summed E-state index contributed by atoms with van der Waals surface area (Å²) in [4.78, 5) is 39.9. The molecular formula is C26H34ClN3O5S. The molecule has 0 unspecified atom stereocenters. The second-order valence-electron chi connectivity index (χ2n) is 9.09. The largest absolute Gasteiger partial charge is 0.354 e. The van der Waals surface area contributed by atoms with Crippen LogP contribution >= 0.6 is 11.6 Å². The highest BCUT2D eigenvalue weighted by molar-refractivity contribution is 7.92. The van der Waals surface area contributed by atoms with Gasteiger partial charge in [-0.2, -0.15) is 0 Å². The summed E-state index contributed by atoms with van der Waals surface area (Å²) in [7, 11) is -3.89. The van der Waals surface area contributed by atoms with Crippen molar-refractivity contribution in [1.82, 2.24) is 10.2 Å². The lowest BCUT2D eigenvalue weighted by atomic mass is 10.1. The smallest absolute Gasteiger partial charge is 0.244 e. The standard InChI is InChI=1S/C26H34ClN3O5S/c1-6-24(26(33)28-15-18(2)3)29(16-20-10-12-22(27)13-11-20)25(32)17-30(36(5,34)35)23-9-7-8-21(14-23)19(4)31/h7-14,18,24H,6,15-17H2,1-5H3,(H,28,33)/t24-/m0/s1. The van der Waals surface area contributed by atoms with Gasteiger partial charge >= 0.3 is 0 Å². The van der Waals surface area contributed by atoms with E-state index in [1.54, 1.807) is 43.3 Å². The number of carbonyl (C=O) groups excluding carboxylic acids is 3. The number of nitrogens with one attached hydrogen (secondary N) is 1. The number of Topliss-reactive ketones (excluding diaryl/α,β-unsaturated/α-hetero) is 1. The first-order valence-electron chi connectivity index (χ1n) is 11.7. The topological polar surface area (TPSA) is 104 Å². The molecule has 0 aliphatic carbocycles. The summed E-state index contributed by atoms with van der Waals surface area (Å²) in [5, 5.41) is 3.41. The highest BCUT2D eigenvalue weighted by atomic mass is 35.5. The van der Waals surface area contributed by atoms with Crippen molar-refractivity contribution < 1.29 is 22.8 Å². The zero-order valence-electron chi connectivity index (χ0n) is 21.3. The summed E-state index contributed by atoms with van der Waals surface area (Å²) in [5.41, 5.74) is 1.26. The van der Waals surface area contributed by atoms with Crippen molar-refractivity contribution in [3.8, 4) is 0 Å². The Morgan fingerprint density at radius 1 is 1.06 bits per heavy atom. The van der Waals surface area contributed by atoms with E-state index in [9.17, 15) is 22.8 Å². The van der Waals surface area contributed by atoms with Gasteiger partial charge in [-0.25, -0.2) is 8.42 Å². The van der Waals surface area contributed by atoms with Crippen LogP contribution in [0.3, 0.4) is 0 Å². The van der Waals surface area contributed by atoms with E-state index in [1.165, 1.54) is 24.0 Å². The van der Waals surface area contributed by atoms with Crippen molar-refractivity contribution in [3.63, 3.8) is 0 Å². The molecule has 10 heteroatoms. The minimum atomic E-state index is -3.89. The van der Waals surface area contributed by atoms with Crippen molar-refractivity contribution in [2.45, 2.75) is 46.7 Å². The molecule has 8 nitrogen and oxygen atoms in total. The maximum Gasteiger partial charge on any atom is 0.244 e. The molecule has 0 radical (unpaired) electrons. The molecule has 1 atom stereocenters. The highest BCUT2D eigenvalue weighted by Gasteiger charge is 2.31. The zero-order chi connectivity index (χ0) is 27.0. The number of hydrogen-bond donors (Lipinski definition) is 1. The molecule has 0 spiro atoms. The minimum Gasteiger partial charge on any atom is -0.354 e. The fourth-order valence-electron chi connectivity index (χ4n) is 3.62. The lowest BCUT2D eigenvalue weighted by Crippen LogP contribution is -2.52. The summed E-state index contributed by atoms with van der Waals surface area (Å²) in [6.45, 7) is 7.13. The van der Waals surface area contributed by atoms with Crippen LogP contribution in [0.5, 0.6) is 0 Å². The number of anilines is 1. The van der Waals surface area contributed by atoms with E-state index in [0.717, 1.165) is 16.1 Å². The number of rotatable bonds is 12. The lowest BCUT2D eigenvalue weighted by molar-refractivity contribution is -0.140. The van der Waals surface area contributed by atoms with Crippen LogP contribution in [0.25, 0.3) is 0 Å². The zero-order valence-corrected chi connectivity index (χ0v) is 22.9. The van der Waals surface area contributed by atoms with E-state index in [-0.39, 0.29) is 29.8 Å². The molecule has 0 heterocycles. The second kappa shape index (κ2) is 12.9. The molecular weight excluding hydrogens is 502 g/mol. The van der Waals surface area contributed by atoms with Crippen LogP contribution in [-0.4, -0.2) is 56.3 Å². The third kappa shape index (κ3) is 8.34. The van der Waals surface area contributed by atoms with Gasteiger partial charge in [0, 0.05) is 23.7 Å². The monoisotopic (exact) mass is 535 g/mol. The molecule has 0 fully saturated rings. The van der Waals surface area contributed by atoms with Crippen LogP contribution in [0.15, 0.2) is 48.5 Å². The fraction of sp³-hybridized carbons (Fsp3) is 0.423. The van der Waals surface area contributed by atoms with E-state index in [0.29, 0.717) is 23.6 Å². The van der Waals surface area contributed by atoms with Gasteiger partial charge in [0.2, 0.25) is 21.8 Å². The molecule has 2 rings (SSSR count). The van der Waals surface area contributed by atoms with E-state index in [2.05, 4.69) is 5.32 Å². The Balaban J connectivity index is 2.45. The Morgan fingerprint density at radius 2 is 1.69 bits per heavy atom. The molecule has 36 heavy (non-hydrogen) atoms. The molecule has 2 amide bonds. The van der Waals surface area contributed by atoms with Gasteiger partial charge in [-0.05, 0) is 49.1 Å². The SMILES string of the molecule is CC[C@@H](C(=O)NCC(C)C)N(Cc1ccc(Cl)cc1)C(=O)CN(c1cccc(C(C)=O)c1)S(C)(=O)=O. The van der Waals surface area contributed by atoms with Crippen molar-refractivity contribution in [2.75, 3.05) is 23.7 Å². The number of ketones is 1. The predicted molar refractivity (Wildman–Crippen MR) is 143 cm³/mol. The highest BCUT2D eigenvalue weighted by Crippen LogP contribution is 2.22. The fourth-order valence-corrected chi connectivity index (χ4v) is 4.59. The molecule has 0 aliphatic heterocycles. The van der Waals surface area contributed by atoms with Crippen LogP contribution in [0.1, 0.15) is 50.0 Å². The maximum atomic E-state index is 13.7. The summed E-state index contributed by atoms with van der Waals surface area (Å²) >= 11 is 6.00. The van der Waals surface area contributed by atoms with Crippen LogP contribution < -0.4 is 9.62 Å². The van der Waals surface area contributed by atoms with E-state index < -0.39 is 28.5 Å². The van der Waals surface area contributed by atoms with Crippen molar-refractivity contribution >= 4 is 44.9 Å². The molecule has 2 aromatic carbocycles. The van der Waals surface area contributed by atoms with Gasteiger partial charge in [-0.3, -0.25) is 18.7 Å².